The Morgan fingerprint density at radius 1 is 0.632 bits per heavy atom. The molecule has 0 rings (SSSR count). The van der Waals surface area contributed by atoms with Crippen LogP contribution in [0, 0.1) is 0 Å². The maximum atomic E-state index is 10.3. The molecule has 0 aromatic heterocycles. The zero-order valence-corrected chi connectivity index (χ0v) is 12.7. The number of hydrogen-bond acceptors (Lipinski definition) is 2. The van der Waals surface area contributed by atoms with E-state index in [4.69, 9.17) is 11.5 Å². The first kappa shape index (κ1) is 20.3. The lowest BCUT2D eigenvalue weighted by molar-refractivity contribution is -0.118. The predicted molar refractivity (Wildman–Crippen MR) is 80.5 cm³/mol. The molecule has 114 valence electrons. The van der Waals surface area contributed by atoms with Gasteiger partial charge in [-0.3, -0.25) is 9.59 Å². The number of primary amides is 2. The van der Waals surface area contributed by atoms with Crippen molar-refractivity contribution in [2.45, 2.75) is 84.5 Å². The van der Waals surface area contributed by atoms with E-state index in [2.05, 4.69) is 13.8 Å². The van der Waals surface area contributed by atoms with Gasteiger partial charge in [0.1, 0.15) is 0 Å². The highest BCUT2D eigenvalue weighted by Gasteiger charge is 1.96. The number of carbonyl (C=O) groups excluding carboxylic acids is 2. The minimum absolute atomic E-state index is 0.239. The molecule has 0 aromatic carbocycles. The van der Waals surface area contributed by atoms with Gasteiger partial charge < -0.3 is 11.5 Å². The molecule has 0 fully saturated rings. The number of unbranched alkanes of at least 4 members (excludes halogenated alkanes) is 7. The third-order valence-corrected chi connectivity index (χ3v) is 2.80. The lowest BCUT2D eigenvalue weighted by atomic mass is 10.1. The summed E-state index contributed by atoms with van der Waals surface area (Å²) in [6, 6.07) is 0. The SMILES string of the molecule is CCCCCC.NC(=O)CCCCCCCC(N)=O. The van der Waals surface area contributed by atoms with Gasteiger partial charge in [-0.2, -0.15) is 0 Å². The standard InChI is InChI=1S/C9H18N2O2.C6H14/c10-8(12)6-4-2-1-3-5-7-9(11)13;1-3-5-6-4-2/h1-7H2,(H2,10,12)(H2,11,13);3-6H2,1-2H3. The molecule has 0 bridgehead atoms. The number of hydrogen-bond donors (Lipinski definition) is 2. The fraction of sp³-hybridized carbons (Fsp3) is 0.867. The third kappa shape index (κ3) is 26.5. The first-order valence-electron chi connectivity index (χ1n) is 7.61. The first-order valence-corrected chi connectivity index (χ1v) is 7.61. The molecule has 0 unspecified atom stereocenters. The van der Waals surface area contributed by atoms with Crippen molar-refractivity contribution in [3.63, 3.8) is 0 Å². The number of nitrogens with two attached hydrogens (primary N) is 2. The van der Waals surface area contributed by atoms with Gasteiger partial charge in [0, 0.05) is 12.8 Å². The van der Waals surface area contributed by atoms with Crippen molar-refractivity contribution in [3.05, 3.63) is 0 Å². The maximum absolute atomic E-state index is 10.3. The molecule has 0 saturated heterocycles. The molecule has 0 aromatic rings. The molecule has 0 atom stereocenters. The van der Waals surface area contributed by atoms with Gasteiger partial charge in [-0.05, 0) is 12.8 Å². The zero-order valence-electron chi connectivity index (χ0n) is 12.7. The van der Waals surface area contributed by atoms with Crippen LogP contribution in [0.2, 0.25) is 0 Å². The Morgan fingerprint density at radius 3 is 1.21 bits per heavy atom. The molecule has 4 N–H and O–H groups in total. The molecule has 4 heteroatoms. The smallest absolute Gasteiger partial charge is 0.217 e. The molecule has 0 spiro atoms. The van der Waals surface area contributed by atoms with Gasteiger partial charge >= 0.3 is 0 Å². The fourth-order valence-electron chi connectivity index (χ4n) is 1.63. The number of carbonyl (C=O) groups is 2. The highest BCUT2D eigenvalue weighted by molar-refractivity contribution is 5.73. The van der Waals surface area contributed by atoms with Crippen LogP contribution in [-0.2, 0) is 9.59 Å². The summed E-state index contributed by atoms with van der Waals surface area (Å²) in [6.45, 7) is 4.46. The van der Waals surface area contributed by atoms with Crippen LogP contribution in [0.1, 0.15) is 84.5 Å². The summed E-state index contributed by atoms with van der Waals surface area (Å²) in [4.78, 5) is 20.7. The summed E-state index contributed by atoms with van der Waals surface area (Å²) >= 11 is 0. The van der Waals surface area contributed by atoms with E-state index in [9.17, 15) is 9.59 Å². The van der Waals surface area contributed by atoms with E-state index < -0.39 is 0 Å². The Bertz CT molecular complexity index is 196. The van der Waals surface area contributed by atoms with Crippen LogP contribution in [0.5, 0.6) is 0 Å². The van der Waals surface area contributed by atoms with Gasteiger partial charge in [0.15, 0.2) is 0 Å². The van der Waals surface area contributed by atoms with Gasteiger partial charge in [-0.1, -0.05) is 58.8 Å². The van der Waals surface area contributed by atoms with E-state index >= 15 is 0 Å². The summed E-state index contributed by atoms with van der Waals surface area (Å²) < 4.78 is 0. The van der Waals surface area contributed by atoms with Crippen LogP contribution in [0.25, 0.3) is 0 Å². The van der Waals surface area contributed by atoms with Gasteiger partial charge in [0.2, 0.25) is 11.8 Å². The van der Waals surface area contributed by atoms with E-state index in [-0.39, 0.29) is 11.8 Å². The first-order chi connectivity index (χ1) is 9.04. The highest BCUT2D eigenvalue weighted by atomic mass is 16.1. The largest absolute Gasteiger partial charge is 0.370 e. The van der Waals surface area contributed by atoms with Gasteiger partial charge in [-0.25, -0.2) is 0 Å². The highest BCUT2D eigenvalue weighted by Crippen LogP contribution is 2.06. The zero-order chi connectivity index (χ0) is 14.9. The molecule has 0 aliphatic heterocycles. The lowest BCUT2D eigenvalue weighted by Crippen LogP contribution is -2.10. The van der Waals surface area contributed by atoms with Crippen LogP contribution in [0.4, 0.5) is 0 Å². The Hall–Kier alpha value is -1.06. The fourth-order valence-corrected chi connectivity index (χ4v) is 1.63. The molecule has 2 amide bonds. The summed E-state index contributed by atoms with van der Waals surface area (Å²) in [5.41, 5.74) is 9.95. The topological polar surface area (TPSA) is 86.2 Å². The minimum Gasteiger partial charge on any atom is -0.370 e. The summed E-state index contributed by atoms with van der Waals surface area (Å²) in [7, 11) is 0. The summed E-state index contributed by atoms with van der Waals surface area (Å²) in [5, 5.41) is 0. The molecular weight excluding hydrogens is 240 g/mol. The lowest BCUT2D eigenvalue weighted by Gasteiger charge is -1.98. The molecule has 0 aliphatic rings. The van der Waals surface area contributed by atoms with E-state index in [1.54, 1.807) is 0 Å². The minimum atomic E-state index is -0.239. The normalized spacial score (nSPS) is 9.58. The molecule has 19 heavy (non-hydrogen) atoms. The third-order valence-electron chi connectivity index (χ3n) is 2.80. The average molecular weight is 272 g/mol. The van der Waals surface area contributed by atoms with Crippen molar-refractivity contribution in [2.75, 3.05) is 0 Å². The maximum Gasteiger partial charge on any atom is 0.217 e. The Morgan fingerprint density at radius 2 is 0.947 bits per heavy atom. The quantitative estimate of drug-likeness (QED) is 0.565. The second-order valence-corrected chi connectivity index (χ2v) is 4.91. The van der Waals surface area contributed by atoms with E-state index in [1.807, 2.05) is 0 Å². The Kier molecular flexibility index (Phi) is 18.1. The second-order valence-electron chi connectivity index (χ2n) is 4.91. The van der Waals surface area contributed by atoms with Crippen LogP contribution in [-0.4, -0.2) is 11.8 Å². The monoisotopic (exact) mass is 272 g/mol. The van der Waals surface area contributed by atoms with Gasteiger partial charge in [-0.15, -0.1) is 0 Å². The van der Waals surface area contributed by atoms with Crippen molar-refractivity contribution in [1.29, 1.82) is 0 Å². The molecule has 0 heterocycles. The average Bonchev–Trinajstić information content (AvgIpc) is 2.35. The molecule has 0 saturated carbocycles. The molecule has 0 aliphatic carbocycles. The number of rotatable bonds is 11. The molecule has 4 nitrogen and oxygen atoms in total. The van der Waals surface area contributed by atoms with Crippen molar-refractivity contribution < 1.29 is 9.59 Å². The van der Waals surface area contributed by atoms with Gasteiger partial charge in [0.25, 0.3) is 0 Å². The van der Waals surface area contributed by atoms with Crippen LogP contribution in [0.15, 0.2) is 0 Å². The van der Waals surface area contributed by atoms with Crippen LogP contribution in [0.3, 0.4) is 0 Å². The molecule has 0 radical (unpaired) electrons. The number of amides is 2. The van der Waals surface area contributed by atoms with Crippen molar-refractivity contribution >= 4 is 11.8 Å². The Balaban J connectivity index is 0. The van der Waals surface area contributed by atoms with Crippen molar-refractivity contribution in [2.24, 2.45) is 11.5 Å². The summed E-state index contributed by atoms with van der Waals surface area (Å²) in [5.74, 6) is -0.478. The van der Waals surface area contributed by atoms with Crippen molar-refractivity contribution in [1.82, 2.24) is 0 Å². The van der Waals surface area contributed by atoms with Gasteiger partial charge in [0.05, 0.1) is 0 Å². The summed E-state index contributed by atoms with van der Waals surface area (Å²) in [6.07, 6.45) is 11.2. The van der Waals surface area contributed by atoms with E-state index in [0.717, 1.165) is 32.1 Å². The predicted octanol–water partition coefficient (Wildman–Crippen LogP) is 3.27. The van der Waals surface area contributed by atoms with Crippen LogP contribution < -0.4 is 11.5 Å². The second kappa shape index (κ2) is 16.9. The Labute approximate surface area is 118 Å². The van der Waals surface area contributed by atoms with E-state index in [0.29, 0.717) is 12.8 Å². The van der Waals surface area contributed by atoms with E-state index in [1.165, 1.54) is 25.7 Å². The van der Waals surface area contributed by atoms with Crippen molar-refractivity contribution in [3.8, 4) is 0 Å². The van der Waals surface area contributed by atoms with Crippen LogP contribution >= 0.6 is 0 Å². The molecular formula is C15H32N2O2.